The van der Waals surface area contributed by atoms with Crippen LogP contribution in [0.5, 0.6) is 0 Å². The summed E-state index contributed by atoms with van der Waals surface area (Å²) in [7, 11) is 0. The molecule has 0 radical (unpaired) electrons. The number of piperazine rings is 1. The van der Waals surface area contributed by atoms with Gasteiger partial charge in [0.1, 0.15) is 11.1 Å². The Morgan fingerprint density at radius 2 is 1.75 bits per heavy atom. The van der Waals surface area contributed by atoms with Crippen LogP contribution < -0.4 is 5.32 Å². The first-order valence-electron chi connectivity index (χ1n) is 7.89. The third-order valence-corrected chi connectivity index (χ3v) is 4.86. The highest BCUT2D eigenvalue weighted by molar-refractivity contribution is 6.01. The molecule has 1 aliphatic heterocycles. The van der Waals surface area contributed by atoms with Crippen LogP contribution in [-0.2, 0) is 9.59 Å². The fraction of sp³-hybridized carbons (Fsp3) is 0.875. The number of carbonyl (C=O) groups excluding carboxylic acids is 2. The molecule has 0 saturated carbocycles. The molecule has 116 valence electrons. The maximum Gasteiger partial charge on any atom is 0.248 e. The SMILES string of the molecule is CCCC(C)CN1C(=O)C(C)(CC)NC(=O)C1(C)CC. The lowest BCUT2D eigenvalue weighted by atomic mass is 9.83. The first-order valence-corrected chi connectivity index (χ1v) is 7.89. The second kappa shape index (κ2) is 6.15. The number of rotatable bonds is 6. The smallest absolute Gasteiger partial charge is 0.248 e. The molecule has 0 aromatic rings. The third-order valence-electron chi connectivity index (χ3n) is 4.86. The fourth-order valence-electron chi connectivity index (χ4n) is 2.85. The lowest BCUT2D eigenvalue weighted by Crippen LogP contribution is -2.74. The lowest BCUT2D eigenvalue weighted by molar-refractivity contribution is -0.162. The topological polar surface area (TPSA) is 49.4 Å². The van der Waals surface area contributed by atoms with E-state index < -0.39 is 11.1 Å². The zero-order valence-corrected chi connectivity index (χ0v) is 13.9. The van der Waals surface area contributed by atoms with E-state index in [1.165, 1.54) is 0 Å². The van der Waals surface area contributed by atoms with Crippen LogP contribution in [-0.4, -0.2) is 34.3 Å². The zero-order valence-electron chi connectivity index (χ0n) is 13.9. The Morgan fingerprint density at radius 1 is 1.15 bits per heavy atom. The fourth-order valence-corrected chi connectivity index (χ4v) is 2.85. The van der Waals surface area contributed by atoms with Crippen LogP contribution in [0.15, 0.2) is 0 Å². The standard InChI is InChI=1S/C16H30N2O2/c1-7-10-12(4)11-18-14(20)15(5,8-2)17-13(19)16(18,6)9-3/h12H,7-11H2,1-6H3,(H,17,19). The molecule has 3 unspecified atom stereocenters. The lowest BCUT2D eigenvalue weighted by Gasteiger charge is -2.50. The minimum Gasteiger partial charge on any atom is -0.340 e. The van der Waals surface area contributed by atoms with E-state index in [4.69, 9.17) is 0 Å². The van der Waals surface area contributed by atoms with E-state index in [0.29, 0.717) is 25.3 Å². The summed E-state index contributed by atoms with van der Waals surface area (Å²) >= 11 is 0. The molecule has 1 fully saturated rings. The van der Waals surface area contributed by atoms with Gasteiger partial charge < -0.3 is 10.2 Å². The van der Waals surface area contributed by atoms with Gasteiger partial charge in [-0.1, -0.05) is 34.1 Å². The van der Waals surface area contributed by atoms with Crippen molar-refractivity contribution >= 4 is 11.8 Å². The van der Waals surface area contributed by atoms with E-state index in [9.17, 15) is 9.59 Å². The molecule has 1 rings (SSSR count). The van der Waals surface area contributed by atoms with Gasteiger partial charge in [0.05, 0.1) is 0 Å². The van der Waals surface area contributed by atoms with Gasteiger partial charge in [-0.25, -0.2) is 0 Å². The van der Waals surface area contributed by atoms with Gasteiger partial charge in [-0.2, -0.15) is 0 Å². The first-order chi connectivity index (χ1) is 9.25. The second-order valence-electron chi connectivity index (χ2n) is 6.58. The quantitative estimate of drug-likeness (QED) is 0.814. The third kappa shape index (κ3) is 2.84. The van der Waals surface area contributed by atoms with Crippen molar-refractivity contribution in [1.29, 1.82) is 0 Å². The predicted octanol–water partition coefficient (Wildman–Crippen LogP) is 2.72. The van der Waals surface area contributed by atoms with Crippen molar-refractivity contribution in [1.82, 2.24) is 10.2 Å². The monoisotopic (exact) mass is 282 g/mol. The summed E-state index contributed by atoms with van der Waals surface area (Å²) in [6, 6.07) is 0. The summed E-state index contributed by atoms with van der Waals surface area (Å²) < 4.78 is 0. The van der Waals surface area contributed by atoms with Gasteiger partial charge >= 0.3 is 0 Å². The minimum absolute atomic E-state index is 0.0207. The van der Waals surface area contributed by atoms with E-state index in [-0.39, 0.29) is 11.8 Å². The van der Waals surface area contributed by atoms with E-state index in [1.807, 2.05) is 32.6 Å². The van der Waals surface area contributed by atoms with Gasteiger partial charge in [0.15, 0.2) is 0 Å². The maximum absolute atomic E-state index is 12.8. The normalized spacial score (nSPS) is 32.2. The van der Waals surface area contributed by atoms with Crippen molar-refractivity contribution in [2.75, 3.05) is 6.54 Å². The van der Waals surface area contributed by atoms with Crippen LogP contribution in [0.4, 0.5) is 0 Å². The molecule has 0 aromatic heterocycles. The van der Waals surface area contributed by atoms with Crippen LogP contribution in [0.1, 0.15) is 67.2 Å². The number of nitrogens with zero attached hydrogens (tertiary/aromatic N) is 1. The summed E-state index contributed by atoms with van der Waals surface area (Å²) in [5.41, 5.74) is -1.47. The minimum atomic E-state index is -0.752. The van der Waals surface area contributed by atoms with E-state index in [1.54, 1.807) is 0 Å². The number of hydrogen-bond donors (Lipinski definition) is 1. The molecule has 0 bridgehead atoms. The van der Waals surface area contributed by atoms with Gasteiger partial charge in [0, 0.05) is 6.54 Å². The average molecular weight is 282 g/mol. The van der Waals surface area contributed by atoms with Crippen molar-refractivity contribution in [2.45, 2.75) is 78.3 Å². The number of nitrogens with one attached hydrogen (secondary N) is 1. The number of hydrogen-bond acceptors (Lipinski definition) is 2. The van der Waals surface area contributed by atoms with Crippen molar-refractivity contribution in [3.8, 4) is 0 Å². The second-order valence-corrected chi connectivity index (χ2v) is 6.58. The maximum atomic E-state index is 12.8. The van der Waals surface area contributed by atoms with Crippen molar-refractivity contribution < 1.29 is 9.59 Å². The van der Waals surface area contributed by atoms with E-state index in [2.05, 4.69) is 19.2 Å². The molecule has 0 aliphatic carbocycles. The molecule has 0 aromatic carbocycles. The molecule has 0 spiro atoms. The summed E-state index contributed by atoms with van der Waals surface area (Å²) in [5, 5.41) is 2.94. The largest absolute Gasteiger partial charge is 0.340 e. The predicted molar refractivity (Wildman–Crippen MR) is 81.3 cm³/mol. The summed E-state index contributed by atoms with van der Waals surface area (Å²) in [6.07, 6.45) is 3.44. The number of amides is 2. The van der Waals surface area contributed by atoms with Crippen LogP contribution >= 0.6 is 0 Å². The molecule has 3 atom stereocenters. The van der Waals surface area contributed by atoms with Crippen molar-refractivity contribution in [3.63, 3.8) is 0 Å². The Kier molecular flexibility index (Phi) is 5.22. The Labute approximate surface area is 123 Å². The molecule has 4 nitrogen and oxygen atoms in total. The molecule has 2 amide bonds. The Bertz CT molecular complexity index is 383. The Hall–Kier alpha value is -1.06. The molecule has 20 heavy (non-hydrogen) atoms. The van der Waals surface area contributed by atoms with Crippen LogP contribution in [0.2, 0.25) is 0 Å². The molecular weight excluding hydrogens is 252 g/mol. The van der Waals surface area contributed by atoms with Crippen molar-refractivity contribution in [3.05, 3.63) is 0 Å². The van der Waals surface area contributed by atoms with Gasteiger partial charge in [-0.05, 0) is 39.0 Å². The van der Waals surface area contributed by atoms with Crippen molar-refractivity contribution in [2.24, 2.45) is 5.92 Å². The molecule has 1 heterocycles. The summed E-state index contributed by atoms with van der Waals surface area (Å²) in [5.74, 6) is 0.460. The number of carbonyl (C=O) groups is 2. The molecule has 1 aliphatic rings. The Balaban J connectivity index is 3.09. The van der Waals surface area contributed by atoms with Crippen LogP contribution in [0.3, 0.4) is 0 Å². The Morgan fingerprint density at radius 3 is 2.20 bits per heavy atom. The van der Waals surface area contributed by atoms with E-state index in [0.717, 1.165) is 12.8 Å². The molecular formula is C16H30N2O2. The van der Waals surface area contributed by atoms with Crippen LogP contribution in [0, 0.1) is 5.92 Å². The van der Waals surface area contributed by atoms with Gasteiger partial charge in [-0.3, -0.25) is 9.59 Å². The average Bonchev–Trinajstić information content (AvgIpc) is 2.41. The summed E-state index contributed by atoms with van der Waals surface area (Å²) in [4.78, 5) is 27.2. The van der Waals surface area contributed by atoms with E-state index >= 15 is 0 Å². The van der Waals surface area contributed by atoms with Crippen LogP contribution in [0.25, 0.3) is 0 Å². The van der Waals surface area contributed by atoms with Gasteiger partial charge in [-0.15, -0.1) is 0 Å². The molecule has 4 heteroatoms. The summed E-state index contributed by atoms with van der Waals surface area (Å²) in [6.45, 7) is 12.6. The zero-order chi connectivity index (χ0) is 15.6. The highest BCUT2D eigenvalue weighted by atomic mass is 16.2. The molecule has 1 N–H and O–H groups in total. The van der Waals surface area contributed by atoms with Gasteiger partial charge in [0.2, 0.25) is 11.8 Å². The molecule has 1 saturated heterocycles. The van der Waals surface area contributed by atoms with Gasteiger partial charge in [0.25, 0.3) is 0 Å². The highest BCUT2D eigenvalue weighted by Crippen LogP contribution is 2.31. The first kappa shape index (κ1) is 17.0. The highest BCUT2D eigenvalue weighted by Gasteiger charge is 2.52.